The number of allylic oxidation sites excluding steroid dienone is 1. The number of rotatable bonds is 2. The van der Waals surface area contributed by atoms with Gasteiger partial charge in [-0.25, -0.2) is 0 Å². The predicted molar refractivity (Wildman–Crippen MR) is 98.7 cm³/mol. The number of nitrogens with one attached hydrogen (secondary N) is 2. The molecule has 2 aromatic carbocycles. The summed E-state index contributed by atoms with van der Waals surface area (Å²) in [7, 11) is 0. The first-order valence-electron chi connectivity index (χ1n) is 7.93. The van der Waals surface area contributed by atoms with Gasteiger partial charge in [0.15, 0.2) is 5.11 Å². The number of thiocarbonyl (C=S) groups is 1. The van der Waals surface area contributed by atoms with Crippen molar-refractivity contribution in [3.8, 4) is 0 Å². The molecule has 2 nitrogen and oxygen atoms in total. The van der Waals surface area contributed by atoms with Crippen LogP contribution in [0.1, 0.15) is 30.0 Å². The Bertz CT molecular complexity index is 791. The van der Waals surface area contributed by atoms with E-state index in [4.69, 9.17) is 12.2 Å². The van der Waals surface area contributed by atoms with Crippen LogP contribution in [0.2, 0.25) is 0 Å². The topological polar surface area (TPSA) is 24.1 Å². The molecule has 2 N–H and O–H groups in total. The highest BCUT2D eigenvalue weighted by atomic mass is 32.1. The van der Waals surface area contributed by atoms with Crippen molar-refractivity contribution in [1.82, 2.24) is 10.6 Å². The first kappa shape index (κ1) is 14.2. The van der Waals surface area contributed by atoms with Crippen LogP contribution in [-0.4, -0.2) is 5.11 Å². The normalized spacial score (nSPS) is 21.8. The average molecular weight is 318 g/mol. The van der Waals surface area contributed by atoms with Gasteiger partial charge in [-0.15, -0.1) is 0 Å². The van der Waals surface area contributed by atoms with Crippen molar-refractivity contribution in [2.24, 2.45) is 0 Å². The minimum atomic E-state index is 0.182. The van der Waals surface area contributed by atoms with E-state index < -0.39 is 0 Å². The second-order valence-electron chi connectivity index (χ2n) is 5.92. The Morgan fingerprint density at radius 1 is 0.913 bits per heavy atom. The molecule has 0 saturated heterocycles. The Labute approximate surface area is 141 Å². The van der Waals surface area contributed by atoms with E-state index in [0.29, 0.717) is 5.11 Å². The van der Waals surface area contributed by atoms with Crippen LogP contribution in [0.4, 0.5) is 0 Å². The summed E-state index contributed by atoms with van der Waals surface area (Å²) in [5.41, 5.74) is 6.47. The van der Waals surface area contributed by atoms with Crippen molar-refractivity contribution in [1.29, 1.82) is 0 Å². The van der Waals surface area contributed by atoms with Gasteiger partial charge in [-0.1, -0.05) is 60.7 Å². The second-order valence-corrected chi connectivity index (χ2v) is 6.33. The van der Waals surface area contributed by atoms with Crippen molar-refractivity contribution >= 4 is 23.4 Å². The zero-order valence-electron chi connectivity index (χ0n) is 12.8. The van der Waals surface area contributed by atoms with E-state index in [2.05, 4.69) is 65.2 Å². The molecule has 1 atom stereocenters. The van der Waals surface area contributed by atoms with Crippen LogP contribution in [0.5, 0.6) is 0 Å². The molecule has 4 rings (SSSR count). The number of hydrogen-bond donors (Lipinski definition) is 2. The SMILES string of the molecule is S=C1NC2=C(CC/C2=C\c2ccccc2)C(c2ccccc2)N1. The zero-order valence-corrected chi connectivity index (χ0v) is 13.6. The molecule has 1 unspecified atom stereocenters. The monoisotopic (exact) mass is 318 g/mol. The summed E-state index contributed by atoms with van der Waals surface area (Å²) in [6.45, 7) is 0. The molecule has 0 bridgehead atoms. The lowest BCUT2D eigenvalue weighted by Gasteiger charge is -2.29. The molecule has 0 spiro atoms. The maximum absolute atomic E-state index is 5.44. The lowest BCUT2D eigenvalue weighted by Crippen LogP contribution is -2.42. The Morgan fingerprint density at radius 3 is 2.35 bits per heavy atom. The maximum Gasteiger partial charge on any atom is 0.171 e. The summed E-state index contributed by atoms with van der Waals surface area (Å²) in [5.74, 6) is 0. The molecule has 1 heterocycles. The average Bonchev–Trinajstić information content (AvgIpc) is 2.99. The van der Waals surface area contributed by atoms with Crippen LogP contribution in [0.15, 0.2) is 77.5 Å². The van der Waals surface area contributed by atoms with E-state index in [0.717, 1.165) is 12.8 Å². The Hall–Kier alpha value is -2.39. The lowest BCUT2D eigenvalue weighted by atomic mass is 9.96. The molecule has 0 fully saturated rings. The number of benzene rings is 2. The van der Waals surface area contributed by atoms with Gasteiger partial charge in [-0.2, -0.15) is 0 Å². The third-order valence-electron chi connectivity index (χ3n) is 4.44. The molecule has 23 heavy (non-hydrogen) atoms. The molecule has 3 heteroatoms. The maximum atomic E-state index is 5.44. The summed E-state index contributed by atoms with van der Waals surface area (Å²) < 4.78 is 0. The standard InChI is InChI=1S/C20H18N2S/c23-20-21-18(15-9-5-2-6-10-15)17-12-11-16(19(17)22-20)13-14-7-3-1-4-8-14/h1-10,13,18H,11-12H2,(H2,21,22,23)/b16-13+. The molecule has 1 aliphatic heterocycles. The van der Waals surface area contributed by atoms with E-state index in [9.17, 15) is 0 Å². The minimum Gasteiger partial charge on any atom is -0.352 e. The van der Waals surface area contributed by atoms with Gasteiger partial charge in [-0.05, 0) is 53.4 Å². The van der Waals surface area contributed by atoms with Gasteiger partial charge in [0.2, 0.25) is 0 Å². The molecule has 2 aromatic rings. The third kappa shape index (κ3) is 2.80. The van der Waals surface area contributed by atoms with Gasteiger partial charge in [0.25, 0.3) is 0 Å². The number of hydrogen-bond acceptors (Lipinski definition) is 1. The van der Waals surface area contributed by atoms with Crippen LogP contribution in [0.3, 0.4) is 0 Å². The highest BCUT2D eigenvalue weighted by molar-refractivity contribution is 7.80. The van der Waals surface area contributed by atoms with Crippen molar-refractivity contribution in [2.45, 2.75) is 18.9 Å². The van der Waals surface area contributed by atoms with Crippen LogP contribution >= 0.6 is 12.2 Å². The van der Waals surface area contributed by atoms with Gasteiger partial charge < -0.3 is 10.6 Å². The van der Waals surface area contributed by atoms with E-state index >= 15 is 0 Å². The first-order chi connectivity index (χ1) is 11.3. The van der Waals surface area contributed by atoms with E-state index in [1.807, 2.05) is 12.1 Å². The van der Waals surface area contributed by atoms with Crippen LogP contribution < -0.4 is 10.6 Å². The molecular formula is C20H18N2S. The minimum absolute atomic E-state index is 0.182. The molecule has 0 amide bonds. The fourth-order valence-electron chi connectivity index (χ4n) is 3.37. The second kappa shape index (κ2) is 6.01. The smallest absolute Gasteiger partial charge is 0.171 e. The molecule has 114 valence electrons. The van der Waals surface area contributed by atoms with Gasteiger partial charge in [0.1, 0.15) is 0 Å². The summed E-state index contributed by atoms with van der Waals surface area (Å²) in [6.07, 6.45) is 4.39. The highest BCUT2D eigenvalue weighted by Gasteiger charge is 2.31. The Kier molecular flexibility index (Phi) is 3.72. The fraction of sp³-hybridized carbons (Fsp3) is 0.150. The molecule has 0 aromatic heterocycles. The van der Waals surface area contributed by atoms with Gasteiger partial charge in [0.05, 0.1) is 6.04 Å². The predicted octanol–water partition coefficient (Wildman–Crippen LogP) is 4.34. The van der Waals surface area contributed by atoms with E-state index in [1.54, 1.807) is 0 Å². The van der Waals surface area contributed by atoms with Crippen molar-refractivity contribution in [3.05, 3.63) is 88.6 Å². The van der Waals surface area contributed by atoms with Crippen molar-refractivity contribution < 1.29 is 0 Å². The van der Waals surface area contributed by atoms with Gasteiger partial charge in [-0.3, -0.25) is 0 Å². The highest BCUT2D eigenvalue weighted by Crippen LogP contribution is 2.40. The van der Waals surface area contributed by atoms with E-state index in [-0.39, 0.29) is 6.04 Å². The Morgan fingerprint density at radius 2 is 1.61 bits per heavy atom. The lowest BCUT2D eigenvalue weighted by molar-refractivity contribution is 0.683. The van der Waals surface area contributed by atoms with Gasteiger partial charge >= 0.3 is 0 Å². The molecular weight excluding hydrogens is 300 g/mol. The Balaban J connectivity index is 1.74. The first-order valence-corrected chi connectivity index (χ1v) is 8.33. The van der Waals surface area contributed by atoms with Gasteiger partial charge in [0, 0.05) is 5.70 Å². The van der Waals surface area contributed by atoms with Crippen molar-refractivity contribution in [2.75, 3.05) is 0 Å². The fourth-order valence-corrected chi connectivity index (χ4v) is 3.59. The quantitative estimate of drug-likeness (QED) is 0.806. The largest absolute Gasteiger partial charge is 0.352 e. The van der Waals surface area contributed by atoms with Crippen LogP contribution in [0.25, 0.3) is 6.08 Å². The molecule has 1 aliphatic carbocycles. The summed E-state index contributed by atoms with van der Waals surface area (Å²) >= 11 is 5.44. The van der Waals surface area contributed by atoms with Crippen LogP contribution in [0, 0.1) is 0 Å². The third-order valence-corrected chi connectivity index (χ3v) is 4.66. The van der Waals surface area contributed by atoms with Crippen LogP contribution in [-0.2, 0) is 0 Å². The van der Waals surface area contributed by atoms with Crippen molar-refractivity contribution in [3.63, 3.8) is 0 Å². The van der Waals surface area contributed by atoms with E-state index in [1.165, 1.54) is 28.0 Å². The molecule has 2 aliphatic rings. The molecule has 0 saturated carbocycles. The zero-order chi connectivity index (χ0) is 15.6. The summed E-state index contributed by atoms with van der Waals surface area (Å²) in [4.78, 5) is 0. The summed E-state index contributed by atoms with van der Waals surface area (Å²) in [5, 5.41) is 7.51. The summed E-state index contributed by atoms with van der Waals surface area (Å²) in [6, 6.07) is 21.2. The molecule has 0 radical (unpaired) electrons.